The summed E-state index contributed by atoms with van der Waals surface area (Å²) in [5.74, 6) is 0. The smallest absolute Gasteiger partial charge is 0.108 e. The van der Waals surface area contributed by atoms with E-state index >= 15 is 0 Å². The summed E-state index contributed by atoms with van der Waals surface area (Å²) >= 11 is 0. The van der Waals surface area contributed by atoms with Crippen molar-refractivity contribution in [2.45, 2.75) is 27.7 Å². The standard InChI is InChI=1S/C24H20B.C15H24N/c1-5-13-21(14-6-1)25(22-15-7-2-8-16-22,23-17-9-3-10-18-23)24-19-11-4-12-20-24;1-5-16(6-2,7-3)13-14(4)15-11-9-8-10-12-15/h1-20H;8-13H,5-7H2,1-4H3/q-1;+1. The van der Waals surface area contributed by atoms with Crippen LogP contribution in [0.15, 0.2) is 158 Å². The van der Waals surface area contributed by atoms with Gasteiger partial charge in [0.05, 0.1) is 25.8 Å². The number of allylic oxidation sites excluding steroid dienone is 1. The lowest BCUT2D eigenvalue weighted by molar-refractivity contribution is -0.873. The second-order valence-electron chi connectivity index (χ2n) is 10.9. The van der Waals surface area contributed by atoms with Crippen molar-refractivity contribution in [1.82, 2.24) is 0 Å². The maximum atomic E-state index is 2.41. The Labute approximate surface area is 248 Å². The molecule has 0 aliphatic heterocycles. The minimum Gasteiger partial charge on any atom is -0.298 e. The predicted octanol–water partition coefficient (Wildman–Crippen LogP) is 6.99. The van der Waals surface area contributed by atoms with Crippen LogP contribution in [-0.4, -0.2) is 30.3 Å². The molecular weight excluding hydrogens is 493 g/mol. The van der Waals surface area contributed by atoms with Crippen molar-refractivity contribution in [1.29, 1.82) is 0 Å². The molecule has 0 aliphatic rings. The summed E-state index contributed by atoms with van der Waals surface area (Å²) < 4.78 is 1.07. The number of hydrogen-bond donors (Lipinski definition) is 0. The number of rotatable bonds is 9. The first kappa shape index (κ1) is 29.8. The Bertz CT molecular complexity index is 1290. The van der Waals surface area contributed by atoms with Crippen LogP contribution < -0.4 is 21.9 Å². The summed E-state index contributed by atoms with van der Waals surface area (Å²) in [4.78, 5) is 0. The zero-order chi connectivity index (χ0) is 29.0. The van der Waals surface area contributed by atoms with Crippen LogP contribution in [0.5, 0.6) is 0 Å². The highest BCUT2D eigenvalue weighted by Gasteiger charge is 2.31. The fraction of sp³-hybridized carbons (Fsp3) is 0.179. The van der Waals surface area contributed by atoms with Crippen molar-refractivity contribution in [3.63, 3.8) is 0 Å². The maximum absolute atomic E-state index is 2.41. The van der Waals surface area contributed by atoms with Gasteiger partial charge < -0.3 is 0 Å². The molecule has 0 N–H and O–H groups in total. The molecule has 208 valence electrons. The van der Waals surface area contributed by atoms with Crippen molar-refractivity contribution in [2.24, 2.45) is 0 Å². The molecule has 0 aromatic heterocycles. The molecule has 0 spiro atoms. The van der Waals surface area contributed by atoms with Crippen molar-refractivity contribution in [3.05, 3.63) is 163 Å². The van der Waals surface area contributed by atoms with Gasteiger partial charge in [0.25, 0.3) is 0 Å². The van der Waals surface area contributed by atoms with Crippen molar-refractivity contribution < 1.29 is 4.48 Å². The van der Waals surface area contributed by atoms with Gasteiger partial charge in [-0.05, 0) is 33.3 Å². The minimum absolute atomic E-state index is 1.07. The van der Waals surface area contributed by atoms with E-state index in [-0.39, 0.29) is 0 Å². The summed E-state index contributed by atoms with van der Waals surface area (Å²) in [7, 11) is 0. The van der Waals surface area contributed by atoms with E-state index in [0.29, 0.717) is 0 Å². The molecule has 0 amide bonds. The van der Waals surface area contributed by atoms with E-state index in [1.54, 1.807) is 0 Å². The topological polar surface area (TPSA) is 0 Å². The van der Waals surface area contributed by atoms with Gasteiger partial charge in [0.15, 0.2) is 0 Å². The SMILES string of the molecule is CC[N+](C=C(C)c1ccccc1)(CC)CC.c1ccc([B-](c2ccccc2)(c2ccccc2)c2ccccc2)cc1. The Kier molecular flexibility index (Phi) is 10.5. The van der Waals surface area contributed by atoms with Crippen LogP contribution in [0.3, 0.4) is 0 Å². The first-order valence-electron chi connectivity index (χ1n) is 15.1. The molecule has 5 aromatic carbocycles. The molecule has 5 rings (SSSR count). The second kappa shape index (κ2) is 14.5. The molecule has 0 aliphatic carbocycles. The highest BCUT2D eigenvalue weighted by molar-refractivity contribution is 7.19. The minimum atomic E-state index is -1.22. The number of nitrogens with zero attached hydrogens (tertiary/aromatic N) is 1. The van der Waals surface area contributed by atoms with Crippen LogP contribution in [0.25, 0.3) is 5.57 Å². The molecule has 41 heavy (non-hydrogen) atoms. The lowest BCUT2D eigenvalue weighted by atomic mass is 9.13. The van der Waals surface area contributed by atoms with Crippen LogP contribution >= 0.6 is 0 Å². The van der Waals surface area contributed by atoms with Gasteiger partial charge in [0.1, 0.15) is 6.15 Å². The van der Waals surface area contributed by atoms with Crippen molar-refractivity contribution in [2.75, 3.05) is 19.6 Å². The third kappa shape index (κ3) is 6.78. The Morgan fingerprint density at radius 1 is 0.463 bits per heavy atom. The Morgan fingerprint density at radius 3 is 1.00 bits per heavy atom. The highest BCUT2D eigenvalue weighted by Crippen LogP contribution is 2.18. The first-order chi connectivity index (χ1) is 20.1. The molecule has 0 bridgehead atoms. The fourth-order valence-electron chi connectivity index (χ4n) is 6.25. The monoisotopic (exact) mass is 537 g/mol. The highest BCUT2D eigenvalue weighted by atomic mass is 15.3. The molecule has 0 saturated carbocycles. The van der Waals surface area contributed by atoms with Gasteiger partial charge in [-0.15, -0.1) is 0 Å². The summed E-state index contributed by atoms with van der Waals surface area (Å²) in [6.45, 7) is 12.5. The van der Waals surface area contributed by atoms with Gasteiger partial charge in [-0.2, -0.15) is 21.9 Å². The van der Waals surface area contributed by atoms with Crippen LogP contribution in [0.1, 0.15) is 33.3 Å². The average Bonchev–Trinajstić information content (AvgIpc) is 3.07. The molecule has 0 saturated heterocycles. The lowest BCUT2D eigenvalue weighted by Crippen LogP contribution is -2.74. The molecule has 2 heteroatoms. The van der Waals surface area contributed by atoms with Gasteiger partial charge >= 0.3 is 0 Å². The molecule has 0 atom stereocenters. The molecule has 0 unspecified atom stereocenters. The van der Waals surface area contributed by atoms with Crippen molar-refractivity contribution in [3.8, 4) is 0 Å². The molecule has 0 heterocycles. The van der Waals surface area contributed by atoms with Gasteiger partial charge in [0.2, 0.25) is 0 Å². The quantitative estimate of drug-likeness (QED) is 0.141. The van der Waals surface area contributed by atoms with Crippen LogP contribution in [0, 0.1) is 0 Å². The predicted molar refractivity (Wildman–Crippen MR) is 182 cm³/mol. The molecule has 0 radical (unpaired) electrons. The van der Waals surface area contributed by atoms with Crippen LogP contribution in [-0.2, 0) is 0 Å². The van der Waals surface area contributed by atoms with E-state index < -0.39 is 6.15 Å². The molecule has 1 nitrogen and oxygen atoms in total. The third-order valence-electron chi connectivity index (χ3n) is 8.78. The summed E-state index contributed by atoms with van der Waals surface area (Å²) in [5.41, 5.74) is 8.07. The van der Waals surface area contributed by atoms with Gasteiger partial charge in [-0.1, -0.05) is 152 Å². The molecule has 0 fully saturated rings. The van der Waals surface area contributed by atoms with E-state index in [1.807, 2.05) is 0 Å². The third-order valence-corrected chi connectivity index (χ3v) is 8.78. The van der Waals surface area contributed by atoms with Gasteiger partial charge in [-0.3, -0.25) is 4.48 Å². The molecular formula is C39H44BN. The Morgan fingerprint density at radius 2 is 0.732 bits per heavy atom. The number of benzene rings is 5. The normalized spacial score (nSPS) is 11.9. The fourth-order valence-corrected chi connectivity index (χ4v) is 6.25. The largest absolute Gasteiger partial charge is 0.298 e. The zero-order valence-corrected chi connectivity index (χ0v) is 25.2. The lowest BCUT2D eigenvalue weighted by Gasteiger charge is -2.44. The Hall–Kier alpha value is -4.14. The zero-order valence-electron chi connectivity index (χ0n) is 25.2. The number of quaternary nitrogens is 1. The average molecular weight is 538 g/mol. The summed E-state index contributed by atoms with van der Waals surface area (Å²) in [5, 5.41) is 0. The second-order valence-corrected chi connectivity index (χ2v) is 10.9. The molecule has 5 aromatic rings. The van der Waals surface area contributed by atoms with Crippen molar-refractivity contribution >= 4 is 33.6 Å². The van der Waals surface area contributed by atoms with Gasteiger partial charge in [-0.25, -0.2) is 0 Å². The van der Waals surface area contributed by atoms with E-state index in [2.05, 4.69) is 186 Å². The van der Waals surface area contributed by atoms with E-state index in [4.69, 9.17) is 0 Å². The Balaban J connectivity index is 0.000000210. The van der Waals surface area contributed by atoms with E-state index in [9.17, 15) is 0 Å². The van der Waals surface area contributed by atoms with Crippen LogP contribution in [0.2, 0.25) is 0 Å². The van der Waals surface area contributed by atoms with Gasteiger partial charge in [0, 0.05) is 5.57 Å². The van der Waals surface area contributed by atoms with E-state index in [1.165, 1.54) is 33.0 Å². The van der Waals surface area contributed by atoms with E-state index in [0.717, 1.165) is 24.1 Å². The maximum Gasteiger partial charge on any atom is 0.108 e. The summed E-state index contributed by atoms with van der Waals surface area (Å²) in [6, 6.07) is 54.2. The number of hydrogen-bond acceptors (Lipinski definition) is 0. The first-order valence-corrected chi connectivity index (χ1v) is 15.1. The van der Waals surface area contributed by atoms with Crippen LogP contribution in [0.4, 0.5) is 0 Å². The summed E-state index contributed by atoms with van der Waals surface area (Å²) in [6.07, 6.45) is 1.20.